The van der Waals surface area contributed by atoms with Crippen molar-refractivity contribution in [2.24, 2.45) is 0 Å². The molecule has 0 saturated heterocycles. The zero-order valence-corrected chi connectivity index (χ0v) is 6.32. The smallest absolute Gasteiger partial charge is 0.181 e. The number of hydrogen-bond donors (Lipinski definition) is 1. The van der Waals surface area contributed by atoms with E-state index in [4.69, 9.17) is 5.73 Å². The molecule has 2 heterocycles. The van der Waals surface area contributed by atoms with Crippen LogP contribution < -0.4 is 5.73 Å². The van der Waals surface area contributed by atoms with Crippen molar-refractivity contribution in [3.63, 3.8) is 0 Å². The molecule has 0 aliphatic heterocycles. The minimum absolute atomic E-state index is 0.550. The van der Waals surface area contributed by atoms with Gasteiger partial charge in [0.25, 0.3) is 0 Å². The molecule has 0 saturated carbocycles. The summed E-state index contributed by atoms with van der Waals surface area (Å²) in [7, 11) is 0. The summed E-state index contributed by atoms with van der Waals surface area (Å²) in [5.74, 6) is 0. The molecule has 0 radical (unpaired) electrons. The molecule has 2 rings (SSSR count). The van der Waals surface area contributed by atoms with Gasteiger partial charge in [0.05, 0.1) is 6.20 Å². The van der Waals surface area contributed by atoms with Gasteiger partial charge in [0.1, 0.15) is 17.7 Å². The molecule has 56 valence electrons. The standard InChI is InChI=1S/C5H5N5S/c6-5-7-1-4(11-5)10-2-8-9-3-10/h1-3H,(H2,6,7). The quantitative estimate of drug-likeness (QED) is 0.663. The lowest BCUT2D eigenvalue weighted by Gasteiger charge is -1.89. The van der Waals surface area contributed by atoms with Crippen molar-refractivity contribution in [3.05, 3.63) is 18.9 Å². The molecule has 5 nitrogen and oxygen atoms in total. The van der Waals surface area contributed by atoms with E-state index in [1.807, 2.05) is 0 Å². The monoisotopic (exact) mass is 167 g/mol. The van der Waals surface area contributed by atoms with E-state index in [2.05, 4.69) is 15.2 Å². The molecule has 0 aliphatic rings. The second-order valence-corrected chi connectivity index (χ2v) is 2.95. The van der Waals surface area contributed by atoms with E-state index < -0.39 is 0 Å². The Bertz CT molecular complexity index is 337. The van der Waals surface area contributed by atoms with E-state index >= 15 is 0 Å². The molecule has 0 amide bonds. The SMILES string of the molecule is Nc1ncc(-n2cnnc2)s1. The molecule has 0 unspecified atom stereocenters. The third-order valence-electron chi connectivity index (χ3n) is 1.18. The van der Waals surface area contributed by atoms with Gasteiger partial charge in [0.2, 0.25) is 0 Å². The van der Waals surface area contributed by atoms with Crippen molar-refractivity contribution in [2.45, 2.75) is 0 Å². The highest BCUT2D eigenvalue weighted by Gasteiger charge is 1.99. The van der Waals surface area contributed by atoms with Crippen LogP contribution >= 0.6 is 11.3 Å². The summed E-state index contributed by atoms with van der Waals surface area (Å²) in [6.07, 6.45) is 4.89. The Morgan fingerprint density at radius 3 is 2.64 bits per heavy atom. The van der Waals surface area contributed by atoms with Gasteiger partial charge in [-0.2, -0.15) is 0 Å². The fourth-order valence-electron chi connectivity index (χ4n) is 0.713. The fourth-order valence-corrected chi connectivity index (χ4v) is 1.34. The van der Waals surface area contributed by atoms with Crippen molar-refractivity contribution in [1.82, 2.24) is 19.7 Å². The number of nitrogens with zero attached hydrogens (tertiary/aromatic N) is 4. The van der Waals surface area contributed by atoms with E-state index in [1.54, 1.807) is 23.4 Å². The third kappa shape index (κ3) is 1.07. The molecule has 0 aromatic carbocycles. The largest absolute Gasteiger partial charge is 0.375 e. The number of nitrogen functional groups attached to an aromatic ring is 1. The van der Waals surface area contributed by atoms with E-state index in [0.717, 1.165) is 5.00 Å². The third-order valence-corrected chi connectivity index (χ3v) is 2.02. The van der Waals surface area contributed by atoms with Gasteiger partial charge in [0.15, 0.2) is 5.13 Å². The first-order chi connectivity index (χ1) is 5.36. The Kier molecular flexibility index (Phi) is 1.32. The Labute approximate surface area is 66.5 Å². The Balaban J connectivity index is 2.45. The highest BCUT2D eigenvalue weighted by atomic mass is 32.1. The van der Waals surface area contributed by atoms with Crippen LogP contribution in [0.1, 0.15) is 0 Å². The average molecular weight is 167 g/mol. The summed E-state index contributed by atoms with van der Waals surface area (Å²) in [6.45, 7) is 0. The van der Waals surface area contributed by atoms with Crippen molar-refractivity contribution in [2.75, 3.05) is 5.73 Å². The van der Waals surface area contributed by atoms with Crippen LogP contribution in [-0.2, 0) is 0 Å². The van der Waals surface area contributed by atoms with Gasteiger partial charge in [-0.05, 0) is 0 Å². The van der Waals surface area contributed by atoms with Gasteiger partial charge >= 0.3 is 0 Å². The maximum Gasteiger partial charge on any atom is 0.181 e. The first-order valence-electron chi connectivity index (χ1n) is 2.92. The van der Waals surface area contributed by atoms with E-state index in [0.29, 0.717) is 5.13 Å². The predicted molar refractivity (Wildman–Crippen MR) is 41.4 cm³/mol. The van der Waals surface area contributed by atoms with Gasteiger partial charge in [-0.1, -0.05) is 11.3 Å². The first-order valence-corrected chi connectivity index (χ1v) is 3.74. The summed E-state index contributed by atoms with van der Waals surface area (Å²) in [6, 6.07) is 0. The molecule has 2 aromatic rings. The lowest BCUT2D eigenvalue weighted by Crippen LogP contribution is -1.83. The number of aromatic nitrogens is 4. The maximum absolute atomic E-state index is 5.44. The molecule has 0 aliphatic carbocycles. The lowest BCUT2D eigenvalue weighted by atomic mass is 10.8. The highest BCUT2D eigenvalue weighted by Crippen LogP contribution is 2.17. The van der Waals surface area contributed by atoms with Crippen LogP contribution in [0.5, 0.6) is 0 Å². The average Bonchev–Trinajstić information content (AvgIpc) is 2.55. The van der Waals surface area contributed by atoms with Crippen molar-refractivity contribution in [3.8, 4) is 5.00 Å². The molecule has 2 aromatic heterocycles. The van der Waals surface area contributed by atoms with Gasteiger partial charge in [0, 0.05) is 0 Å². The van der Waals surface area contributed by atoms with Crippen LogP contribution in [0.2, 0.25) is 0 Å². The molecule has 0 bridgehead atoms. The van der Waals surface area contributed by atoms with Crippen molar-refractivity contribution < 1.29 is 0 Å². The van der Waals surface area contributed by atoms with Crippen LogP contribution in [0.4, 0.5) is 5.13 Å². The van der Waals surface area contributed by atoms with Crippen LogP contribution in [-0.4, -0.2) is 19.7 Å². The van der Waals surface area contributed by atoms with Gasteiger partial charge in [-0.15, -0.1) is 10.2 Å². The summed E-state index contributed by atoms with van der Waals surface area (Å²) < 4.78 is 1.76. The summed E-state index contributed by atoms with van der Waals surface area (Å²) in [5, 5.41) is 8.79. The number of nitrogens with two attached hydrogens (primary N) is 1. The van der Waals surface area contributed by atoms with E-state index in [-0.39, 0.29) is 0 Å². The molecular formula is C5H5N5S. The highest BCUT2D eigenvalue weighted by molar-refractivity contribution is 7.17. The second kappa shape index (κ2) is 2.31. The Hall–Kier alpha value is -1.43. The summed E-state index contributed by atoms with van der Waals surface area (Å²) in [4.78, 5) is 3.89. The summed E-state index contributed by atoms with van der Waals surface area (Å²) in [5.41, 5.74) is 5.44. The zero-order valence-electron chi connectivity index (χ0n) is 5.51. The number of hydrogen-bond acceptors (Lipinski definition) is 5. The lowest BCUT2D eigenvalue weighted by molar-refractivity contribution is 1.08. The molecule has 2 N–H and O–H groups in total. The molecular weight excluding hydrogens is 162 g/mol. The van der Waals surface area contributed by atoms with Crippen LogP contribution in [0, 0.1) is 0 Å². The molecule has 11 heavy (non-hydrogen) atoms. The zero-order chi connectivity index (χ0) is 7.68. The van der Waals surface area contributed by atoms with Gasteiger partial charge in [-0.25, -0.2) is 4.98 Å². The Morgan fingerprint density at radius 2 is 2.09 bits per heavy atom. The van der Waals surface area contributed by atoms with Gasteiger partial charge in [-0.3, -0.25) is 4.57 Å². The molecule has 0 fully saturated rings. The minimum Gasteiger partial charge on any atom is -0.375 e. The Morgan fingerprint density at radius 1 is 1.36 bits per heavy atom. The predicted octanol–water partition coefficient (Wildman–Crippen LogP) is 0.306. The fraction of sp³-hybridized carbons (Fsp3) is 0. The van der Waals surface area contributed by atoms with E-state index in [1.165, 1.54) is 11.3 Å². The number of anilines is 1. The first kappa shape index (κ1) is 6.29. The van der Waals surface area contributed by atoms with Crippen LogP contribution in [0.15, 0.2) is 18.9 Å². The molecule has 0 spiro atoms. The van der Waals surface area contributed by atoms with Crippen molar-refractivity contribution >= 4 is 16.5 Å². The normalized spacial score (nSPS) is 10.2. The minimum atomic E-state index is 0.550. The van der Waals surface area contributed by atoms with E-state index in [9.17, 15) is 0 Å². The topological polar surface area (TPSA) is 69.6 Å². The number of thiazole rings is 1. The maximum atomic E-state index is 5.44. The van der Waals surface area contributed by atoms with Crippen LogP contribution in [0.25, 0.3) is 5.00 Å². The van der Waals surface area contributed by atoms with Crippen molar-refractivity contribution in [1.29, 1.82) is 0 Å². The number of rotatable bonds is 1. The summed E-state index contributed by atoms with van der Waals surface area (Å²) >= 11 is 1.40. The molecule has 0 atom stereocenters. The molecule has 6 heteroatoms. The second-order valence-electron chi connectivity index (χ2n) is 1.91. The van der Waals surface area contributed by atoms with Crippen LogP contribution in [0.3, 0.4) is 0 Å². The van der Waals surface area contributed by atoms with Gasteiger partial charge < -0.3 is 5.73 Å².